The lowest BCUT2D eigenvalue weighted by atomic mass is 9.90. The summed E-state index contributed by atoms with van der Waals surface area (Å²) >= 11 is 0. The van der Waals surface area contributed by atoms with E-state index in [0.717, 1.165) is 46.6 Å². The molecule has 1 amide bonds. The van der Waals surface area contributed by atoms with Crippen LogP contribution in [0.5, 0.6) is 0 Å². The molecule has 1 aliphatic carbocycles. The molecule has 5 nitrogen and oxygen atoms in total. The van der Waals surface area contributed by atoms with Crippen LogP contribution in [0.25, 0.3) is 0 Å². The molecule has 0 bridgehead atoms. The number of Topliss-reactive ketones (excluding diaryl/α,β-unsaturated/α-hetero) is 1. The van der Waals surface area contributed by atoms with Crippen LogP contribution in [-0.2, 0) is 16.0 Å². The van der Waals surface area contributed by atoms with E-state index < -0.39 is 0 Å². The number of allylic oxidation sites excluding steroid dienone is 2. The summed E-state index contributed by atoms with van der Waals surface area (Å²) in [5.74, 6) is -0.179. The average molecular weight is 405 g/mol. The van der Waals surface area contributed by atoms with Crippen LogP contribution in [0.15, 0.2) is 64.9 Å². The van der Waals surface area contributed by atoms with Gasteiger partial charge in [-0.2, -0.15) is 5.10 Å². The number of carbonyl (C=O) groups is 2. The van der Waals surface area contributed by atoms with E-state index in [1.807, 2.05) is 37.3 Å². The van der Waals surface area contributed by atoms with Gasteiger partial charge in [0.2, 0.25) is 5.91 Å². The Morgan fingerprint density at radius 1 is 1.13 bits per heavy atom. The Kier molecular flexibility index (Phi) is 5.74. The fourth-order valence-electron chi connectivity index (χ4n) is 3.99. The number of ketones is 1. The van der Waals surface area contributed by atoms with E-state index in [2.05, 4.69) is 15.8 Å². The lowest BCUT2D eigenvalue weighted by Crippen LogP contribution is -2.31. The van der Waals surface area contributed by atoms with Gasteiger partial charge in [-0.1, -0.05) is 31.2 Å². The number of nitrogens with one attached hydrogen (secondary N) is 2. The third kappa shape index (κ3) is 4.48. The number of halogens is 1. The van der Waals surface area contributed by atoms with Crippen molar-refractivity contribution in [3.8, 4) is 0 Å². The predicted octanol–water partition coefficient (Wildman–Crippen LogP) is 4.35. The van der Waals surface area contributed by atoms with E-state index in [1.54, 1.807) is 6.07 Å². The summed E-state index contributed by atoms with van der Waals surface area (Å²) in [5.41, 5.74) is 7.66. The van der Waals surface area contributed by atoms with E-state index in [1.165, 1.54) is 12.1 Å². The van der Waals surface area contributed by atoms with E-state index >= 15 is 0 Å². The Morgan fingerprint density at radius 3 is 2.67 bits per heavy atom. The highest BCUT2D eigenvalue weighted by atomic mass is 19.1. The van der Waals surface area contributed by atoms with Crippen molar-refractivity contribution in [3.05, 3.63) is 76.7 Å². The van der Waals surface area contributed by atoms with Crippen molar-refractivity contribution >= 4 is 23.1 Å². The lowest BCUT2D eigenvalue weighted by Gasteiger charge is -2.22. The van der Waals surface area contributed by atoms with Gasteiger partial charge in [0.05, 0.1) is 5.71 Å². The fourth-order valence-corrected chi connectivity index (χ4v) is 3.99. The van der Waals surface area contributed by atoms with Crippen LogP contribution in [-0.4, -0.2) is 17.4 Å². The molecule has 4 rings (SSSR count). The van der Waals surface area contributed by atoms with Crippen molar-refractivity contribution in [1.82, 2.24) is 5.43 Å². The number of nitrogens with zero attached hydrogens (tertiary/aromatic N) is 1. The number of hydrogen-bond acceptors (Lipinski definition) is 4. The molecule has 1 atom stereocenters. The molecule has 1 aliphatic heterocycles. The quantitative estimate of drug-likeness (QED) is 0.777. The van der Waals surface area contributed by atoms with Gasteiger partial charge >= 0.3 is 0 Å². The summed E-state index contributed by atoms with van der Waals surface area (Å²) in [6, 6.07) is 14.2. The first kappa shape index (κ1) is 20.0. The number of amides is 1. The molecule has 2 aliphatic rings. The van der Waals surface area contributed by atoms with Gasteiger partial charge in [-0.15, -0.1) is 0 Å². The van der Waals surface area contributed by atoms with E-state index in [0.29, 0.717) is 19.3 Å². The maximum atomic E-state index is 13.6. The number of hydrogen-bond donors (Lipinski definition) is 2. The van der Waals surface area contributed by atoms with Crippen LogP contribution in [0.3, 0.4) is 0 Å². The lowest BCUT2D eigenvalue weighted by molar-refractivity contribution is -0.122. The highest BCUT2D eigenvalue weighted by molar-refractivity contribution is 6.05. The summed E-state index contributed by atoms with van der Waals surface area (Å²) in [6.07, 6.45) is 2.97. The standard InChI is InChI=1S/C24H24FN3O2/c1-15-12-23(30)27-28-24(15)17-8-10-19(11-9-17)26-21-6-3-7-22(29)20(21)14-16-4-2-5-18(25)13-16/h2,4-5,8-11,13,15,26H,3,6-7,12,14H2,1H3,(H,27,30)/t15-/m1/s1. The predicted molar refractivity (Wildman–Crippen MR) is 115 cm³/mol. The summed E-state index contributed by atoms with van der Waals surface area (Å²) in [7, 11) is 0. The van der Waals surface area contributed by atoms with Crippen LogP contribution in [0.1, 0.15) is 43.7 Å². The largest absolute Gasteiger partial charge is 0.359 e. The molecule has 2 aromatic rings. The van der Waals surface area contributed by atoms with Crippen molar-refractivity contribution in [1.29, 1.82) is 0 Å². The minimum Gasteiger partial charge on any atom is -0.359 e. The first-order valence-electron chi connectivity index (χ1n) is 10.2. The Morgan fingerprint density at radius 2 is 1.93 bits per heavy atom. The molecule has 2 N–H and O–H groups in total. The molecule has 0 spiro atoms. The van der Waals surface area contributed by atoms with E-state index in [9.17, 15) is 14.0 Å². The first-order valence-corrected chi connectivity index (χ1v) is 10.2. The molecule has 2 aromatic carbocycles. The normalized spacial score (nSPS) is 19.4. The number of carbonyl (C=O) groups excluding carboxylic acids is 2. The van der Waals surface area contributed by atoms with Crippen molar-refractivity contribution in [2.45, 2.75) is 39.0 Å². The Balaban J connectivity index is 1.55. The molecule has 154 valence electrons. The molecular weight excluding hydrogens is 381 g/mol. The number of benzene rings is 2. The van der Waals surface area contributed by atoms with Crippen LogP contribution >= 0.6 is 0 Å². The van der Waals surface area contributed by atoms with E-state index in [-0.39, 0.29) is 23.4 Å². The highest BCUT2D eigenvalue weighted by Gasteiger charge is 2.23. The molecule has 0 saturated heterocycles. The van der Waals surface area contributed by atoms with Crippen molar-refractivity contribution in [2.24, 2.45) is 11.0 Å². The highest BCUT2D eigenvalue weighted by Crippen LogP contribution is 2.27. The van der Waals surface area contributed by atoms with Gasteiger partial charge in [-0.25, -0.2) is 9.82 Å². The zero-order chi connectivity index (χ0) is 21.1. The zero-order valence-electron chi connectivity index (χ0n) is 16.9. The second-order valence-corrected chi connectivity index (χ2v) is 7.88. The third-order valence-corrected chi connectivity index (χ3v) is 5.54. The molecule has 6 heteroatoms. The summed E-state index contributed by atoms with van der Waals surface area (Å²) in [4.78, 5) is 24.0. The summed E-state index contributed by atoms with van der Waals surface area (Å²) in [5, 5.41) is 7.60. The van der Waals surface area contributed by atoms with Gasteiger partial charge in [-0.05, 0) is 48.2 Å². The van der Waals surface area contributed by atoms with Crippen LogP contribution in [0.4, 0.5) is 10.1 Å². The molecule has 0 fully saturated rings. The second-order valence-electron chi connectivity index (χ2n) is 7.88. The van der Waals surface area contributed by atoms with Crippen molar-refractivity contribution in [2.75, 3.05) is 5.32 Å². The Bertz CT molecular complexity index is 1040. The van der Waals surface area contributed by atoms with Crippen LogP contribution < -0.4 is 10.7 Å². The number of hydrazone groups is 1. The monoisotopic (exact) mass is 405 g/mol. The minimum atomic E-state index is -0.294. The van der Waals surface area contributed by atoms with Gasteiger partial charge in [0, 0.05) is 42.1 Å². The van der Waals surface area contributed by atoms with Gasteiger partial charge in [0.1, 0.15) is 5.82 Å². The fraction of sp³-hybridized carbons (Fsp3) is 0.292. The maximum Gasteiger partial charge on any atom is 0.240 e. The molecule has 0 aromatic heterocycles. The molecular formula is C24H24FN3O2. The number of rotatable bonds is 5. The molecule has 0 unspecified atom stereocenters. The maximum absolute atomic E-state index is 13.6. The van der Waals surface area contributed by atoms with Crippen molar-refractivity contribution in [3.63, 3.8) is 0 Å². The Labute approximate surface area is 175 Å². The smallest absolute Gasteiger partial charge is 0.240 e. The second kappa shape index (κ2) is 8.61. The van der Waals surface area contributed by atoms with Gasteiger partial charge in [-0.3, -0.25) is 9.59 Å². The van der Waals surface area contributed by atoms with Crippen molar-refractivity contribution < 1.29 is 14.0 Å². The van der Waals surface area contributed by atoms with Crippen LogP contribution in [0.2, 0.25) is 0 Å². The SMILES string of the molecule is C[C@@H]1CC(=O)NN=C1c1ccc(NC2=C(Cc3cccc(F)c3)C(=O)CCC2)cc1. The molecule has 0 saturated carbocycles. The average Bonchev–Trinajstić information content (AvgIpc) is 2.71. The summed E-state index contributed by atoms with van der Waals surface area (Å²) in [6.45, 7) is 1.99. The van der Waals surface area contributed by atoms with E-state index in [4.69, 9.17) is 0 Å². The topological polar surface area (TPSA) is 70.6 Å². The summed E-state index contributed by atoms with van der Waals surface area (Å²) < 4.78 is 13.6. The molecule has 0 radical (unpaired) electrons. The Hall–Kier alpha value is -3.28. The third-order valence-electron chi connectivity index (χ3n) is 5.54. The van der Waals surface area contributed by atoms with Gasteiger partial charge < -0.3 is 5.32 Å². The van der Waals surface area contributed by atoms with Gasteiger partial charge in [0.25, 0.3) is 0 Å². The number of anilines is 1. The van der Waals surface area contributed by atoms with Crippen LogP contribution in [0, 0.1) is 11.7 Å². The first-order chi connectivity index (χ1) is 14.5. The molecule has 1 heterocycles. The zero-order valence-corrected chi connectivity index (χ0v) is 16.9. The molecule has 30 heavy (non-hydrogen) atoms. The minimum absolute atomic E-state index is 0.0640. The van der Waals surface area contributed by atoms with Gasteiger partial charge in [0.15, 0.2) is 5.78 Å².